The Morgan fingerprint density at radius 2 is 1.29 bits per heavy atom. The molecule has 9 heteroatoms. The lowest BCUT2D eigenvalue weighted by Crippen LogP contribution is -2.35. The van der Waals surface area contributed by atoms with Gasteiger partial charge in [0, 0.05) is 25.0 Å². The van der Waals surface area contributed by atoms with Gasteiger partial charge in [0.2, 0.25) is 6.10 Å². The van der Waals surface area contributed by atoms with Crippen molar-refractivity contribution in [1.82, 2.24) is 0 Å². The number of aliphatic hydroxyl groups is 1. The van der Waals surface area contributed by atoms with Crippen LogP contribution < -0.4 is 18.9 Å². The molecule has 0 spiro atoms. The highest BCUT2D eigenvalue weighted by Crippen LogP contribution is 2.27. The van der Waals surface area contributed by atoms with Crippen molar-refractivity contribution < 1.29 is 43.5 Å². The van der Waals surface area contributed by atoms with Crippen molar-refractivity contribution in [2.75, 3.05) is 28.4 Å². The zero-order chi connectivity index (χ0) is 23.0. The first-order valence-corrected chi connectivity index (χ1v) is 9.36. The number of aliphatic hydroxyl groups excluding tert-OH is 1. The van der Waals surface area contributed by atoms with Crippen molar-refractivity contribution in [2.45, 2.75) is 25.0 Å². The molecular formula is C22H26O9. The van der Waals surface area contributed by atoms with Crippen LogP contribution in [-0.4, -0.2) is 62.8 Å². The van der Waals surface area contributed by atoms with E-state index in [1.807, 2.05) is 0 Å². The summed E-state index contributed by atoms with van der Waals surface area (Å²) in [5, 5.41) is 19.8. The number of ether oxygens (including phenoxy) is 5. The van der Waals surface area contributed by atoms with Gasteiger partial charge in [0.1, 0.15) is 23.0 Å². The van der Waals surface area contributed by atoms with Gasteiger partial charge in [-0.25, -0.2) is 9.59 Å². The van der Waals surface area contributed by atoms with Crippen LogP contribution in [0.3, 0.4) is 0 Å². The van der Waals surface area contributed by atoms with Crippen LogP contribution in [-0.2, 0) is 27.2 Å². The number of hydrogen-bond donors (Lipinski definition) is 2. The second-order valence-electron chi connectivity index (χ2n) is 6.54. The number of aliphatic carboxylic acids is 1. The van der Waals surface area contributed by atoms with Crippen LogP contribution >= 0.6 is 0 Å². The largest absolute Gasteiger partial charge is 0.497 e. The Morgan fingerprint density at radius 3 is 1.71 bits per heavy atom. The molecule has 2 atom stereocenters. The number of carboxylic acids is 1. The van der Waals surface area contributed by atoms with E-state index >= 15 is 0 Å². The molecule has 2 unspecified atom stereocenters. The van der Waals surface area contributed by atoms with Gasteiger partial charge in [-0.1, -0.05) is 12.1 Å². The van der Waals surface area contributed by atoms with Crippen molar-refractivity contribution in [2.24, 2.45) is 0 Å². The zero-order valence-electron chi connectivity index (χ0n) is 17.8. The minimum Gasteiger partial charge on any atom is -0.497 e. The average molecular weight is 434 g/mol. The first-order valence-electron chi connectivity index (χ1n) is 9.36. The summed E-state index contributed by atoms with van der Waals surface area (Å²) in [6.45, 7) is 0. The molecular weight excluding hydrogens is 408 g/mol. The van der Waals surface area contributed by atoms with Crippen molar-refractivity contribution in [3.05, 3.63) is 47.5 Å². The normalized spacial score (nSPS) is 12.4. The second-order valence-corrected chi connectivity index (χ2v) is 6.54. The topological polar surface area (TPSA) is 121 Å². The molecule has 0 radical (unpaired) electrons. The van der Waals surface area contributed by atoms with Gasteiger partial charge in [-0.05, 0) is 23.3 Å². The second kappa shape index (κ2) is 11.1. The van der Waals surface area contributed by atoms with Crippen LogP contribution in [0.1, 0.15) is 11.1 Å². The molecule has 0 aliphatic rings. The molecule has 31 heavy (non-hydrogen) atoms. The summed E-state index contributed by atoms with van der Waals surface area (Å²) < 4.78 is 25.8. The van der Waals surface area contributed by atoms with Crippen LogP contribution in [0.25, 0.3) is 0 Å². The van der Waals surface area contributed by atoms with E-state index in [1.165, 1.54) is 28.4 Å². The maximum Gasteiger partial charge on any atom is 0.345 e. The lowest BCUT2D eigenvalue weighted by Gasteiger charge is -2.19. The molecule has 2 aromatic carbocycles. The van der Waals surface area contributed by atoms with E-state index < -0.39 is 24.1 Å². The summed E-state index contributed by atoms with van der Waals surface area (Å²) >= 11 is 0. The molecule has 0 heterocycles. The molecule has 9 nitrogen and oxygen atoms in total. The minimum absolute atomic E-state index is 0.121. The Bertz CT molecular complexity index is 910. The van der Waals surface area contributed by atoms with Gasteiger partial charge in [-0.3, -0.25) is 0 Å². The molecule has 0 bridgehead atoms. The fourth-order valence-electron chi connectivity index (χ4n) is 2.93. The number of carbonyl (C=O) groups is 2. The summed E-state index contributed by atoms with van der Waals surface area (Å²) in [5.74, 6) is -0.502. The third kappa shape index (κ3) is 6.26. The van der Waals surface area contributed by atoms with Crippen LogP contribution in [0.4, 0.5) is 0 Å². The molecule has 2 rings (SSSR count). The van der Waals surface area contributed by atoms with E-state index in [2.05, 4.69) is 0 Å². The number of rotatable bonds is 11. The maximum absolute atomic E-state index is 12.4. The number of methoxy groups -OCH3 is 4. The van der Waals surface area contributed by atoms with Gasteiger partial charge in [0.25, 0.3) is 0 Å². The number of carboxylic acid groups (broad SMARTS) is 1. The predicted molar refractivity (Wildman–Crippen MR) is 110 cm³/mol. The Hall–Kier alpha value is -3.46. The summed E-state index contributed by atoms with van der Waals surface area (Å²) in [6.07, 6.45) is -3.36. The first kappa shape index (κ1) is 23.8. The van der Waals surface area contributed by atoms with E-state index in [0.717, 1.165) is 0 Å². The van der Waals surface area contributed by atoms with Crippen LogP contribution in [0.5, 0.6) is 23.0 Å². The average Bonchev–Trinajstić information content (AvgIpc) is 2.78. The van der Waals surface area contributed by atoms with Gasteiger partial charge >= 0.3 is 11.9 Å². The van der Waals surface area contributed by atoms with Crippen molar-refractivity contribution in [3.63, 3.8) is 0 Å². The Kier molecular flexibility index (Phi) is 8.51. The Balaban J connectivity index is 2.11. The van der Waals surface area contributed by atoms with Crippen LogP contribution in [0.2, 0.25) is 0 Å². The van der Waals surface area contributed by atoms with Gasteiger partial charge in [-0.2, -0.15) is 0 Å². The molecule has 0 aliphatic carbocycles. The molecule has 0 amide bonds. The lowest BCUT2D eigenvalue weighted by molar-refractivity contribution is -0.170. The van der Waals surface area contributed by atoms with E-state index in [-0.39, 0.29) is 12.8 Å². The van der Waals surface area contributed by atoms with E-state index in [1.54, 1.807) is 36.4 Å². The highest BCUT2D eigenvalue weighted by atomic mass is 16.6. The molecule has 168 valence electrons. The van der Waals surface area contributed by atoms with Crippen molar-refractivity contribution in [3.8, 4) is 23.0 Å². The molecule has 0 saturated carbocycles. The van der Waals surface area contributed by atoms with Crippen molar-refractivity contribution in [1.29, 1.82) is 0 Å². The van der Waals surface area contributed by atoms with Crippen LogP contribution in [0.15, 0.2) is 36.4 Å². The summed E-state index contributed by atoms with van der Waals surface area (Å²) in [4.78, 5) is 24.0. The number of benzene rings is 2. The smallest absolute Gasteiger partial charge is 0.345 e. The highest BCUT2D eigenvalue weighted by molar-refractivity contribution is 5.81. The van der Waals surface area contributed by atoms with Crippen molar-refractivity contribution >= 4 is 11.9 Å². The number of esters is 1. The maximum atomic E-state index is 12.4. The van der Waals surface area contributed by atoms with E-state index in [0.29, 0.717) is 34.1 Å². The summed E-state index contributed by atoms with van der Waals surface area (Å²) in [7, 11) is 5.89. The van der Waals surface area contributed by atoms with E-state index in [9.17, 15) is 19.8 Å². The number of carbonyl (C=O) groups excluding carboxylic acids is 1. The fourth-order valence-corrected chi connectivity index (χ4v) is 2.93. The summed E-state index contributed by atoms with van der Waals surface area (Å²) in [6, 6.07) is 9.78. The summed E-state index contributed by atoms with van der Waals surface area (Å²) in [5.41, 5.74) is 1.05. The Morgan fingerprint density at radius 1 is 0.806 bits per heavy atom. The molecule has 0 aromatic heterocycles. The molecule has 2 aromatic rings. The zero-order valence-corrected chi connectivity index (χ0v) is 17.8. The van der Waals surface area contributed by atoms with Gasteiger partial charge in [0.15, 0.2) is 6.10 Å². The monoisotopic (exact) mass is 434 g/mol. The van der Waals surface area contributed by atoms with Gasteiger partial charge in [0.05, 0.1) is 28.4 Å². The van der Waals surface area contributed by atoms with Gasteiger partial charge in [-0.15, -0.1) is 0 Å². The highest BCUT2D eigenvalue weighted by Gasteiger charge is 2.28. The fraction of sp³-hybridized carbons (Fsp3) is 0.364. The van der Waals surface area contributed by atoms with Crippen LogP contribution in [0, 0.1) is 0 Å². The SMILES string of the molecule is COc1ccc(CC(O)C(=O)OC(Cc2ccc(OC)cc2OC)C(=O)O)c(OC)c1. The quantitative estimate of drug-likeness (QED) is 0.511. The van der Waals surface area contributed by atoms with Gasteiger partial charge < -0.3 is 33.9 Å². The predicted octanol–water partition coefficient (Wildman–Crippen LogP) is 1.86. The molecule has 0 fully saturated rings. The first-order chi connectivity index (χ1) is 14.8. The molecule has 0 aliphatic heterocycles. The third-order valence-electron chi connectivity index (χ3n) is 4.61. The molecule has 2 N–H and O–H groups in total. The minimum atomic E-state index is -1.58. The van der Waals surface area contributed by atoms with E-state index in [4.69, 9.17) is 23.7 Å². The lowest BCUT2D eigenvalue weighted by atomic mass is 10.1. The number of hydrogen-bond acceptors (Lipinski definition) is 8. The Labute approximate surface area is 180 Å². The third-order valence-corrected chi connectivity index (χ3v) is 4.61. The molecule has 0 saturated heterocycles. The standard InChI is InChI=1S/C22H26O9/c1-27-15-7-5-13(18(11-15)29-3)9-17(23)22(26)31-20(21(24)25)10-14-6-8-16(28-2)12-19(14)30-4/h5-8,11-12,17,20,23H,9-10H2,1-4H3,(H,24,25).